The van der Waals surface area contributed by atoms with Gasteiger partial charge in [0.2, 0.25) is 0 Å². The number of nitrogens with one attached hydrogen (secondary N) is 1. The molecule has 0 radical (unpaired) electrons. The van der Waals surface area contributed by atoms with Crippen molar-refractivity contribution in [1.82, 2.24) is 10.3 Å². The van der Waals surface area contributed by atoms with Crippen LogP contribution in [0.25, 0.3) is 0 Å². The van der Waals surface area contributed by atoms with Gasteiger partial charge in [0.1, 0.15) is 5.69 Å². The molecule has 0 aliphatic rings. The third-order valence-electron chi connectivity index (χ3n) is 2.73. The van der Waals surface area contributed by atoms with Crippen molar-refractivity contribution < 1.29 is 4.79 Å². The summed E-state index contributed by atoms with van der Waals surface area (Å²) in [6.45, 7) is 4.41. The summed E-state index contributed by atoms with van der Waals surface area (Å²) in [5.74, 6) is -0.101. The van der Waals surface area contributed by atoms with Crippen molar-refractivity contribution in [3.63, 3.8) is 0 Å². The second kappa shape index (κ2) is 6.17. The maximum atomic E-state index is 11.9. The Morgan fingerprint density at radius 2 is 2.00 bits per heavy atom. The number of hydrogen-bond donors (Lipinski definition) is 1. The molecule has 0 fully saturated rings. The monoisotopic (exact) mass is 294 g/mol. The Bertz CT molecular complexity index is 578. The van der Waals surface area contributed by atoms with Gasteiger partial charge in [-0.05, 0) is 38.0 Å². The number of hydrogen-bond acceptors (Lipinski definition) is 3. The van der Waals surface area contributed by atoms with Crippen LogP contribution in [0.1, 0.15) is 25.9 Å². The third kappa shape index (κ3) is 3.78. The molecule has 1 aromatic heterocycles. The van der Waals surface area contributed by atoms with E-state index in [2.05, 4.69) is 10.3 Å². The van der Waals surface area contributed by atoms with E-state index in [1.165, 1.54) is 0 Å². The Morgan fingerprint density at radius 3 is 2.58 bits per heavy atom. The fraction of sp³-hybridized carbons (Fsp3) is 0.286. The van der Waals surface area contributed by atoms with Gasteiger partial charge in [-0.2, -0.15) is 0 Å². The van der Waals surface area contributed by atoms with Gasteiger partial charge in [0, 0.05) is 16.4 Å². The summed E-state index contributed by atoms with van der Waals surface area (Å²) in [6.07, 6.45) is 0.783. The maximum Gasteiger partial charge on any atom is 0.271 e. The van der Waals surface area contributed by atoms with E-state index in [1.54, 1.807) is 11.3 Å². The van der Waals surface area contributed by atoms with Crippen LogP contribution in [0.2, 0.25) is 5.02 Å². The smallest absolute Gasteiger partial charge is 0.271 e. The minimum Gasteiger partial charge on any atom is -0.350 e. The molecular weight excluding hydrogens is 280 g/mol. The van der Waals surface area contributed by atoms with Gasteiger partial charge in [0.15, 0.2) is 0 Å². The first-order valence-electron chi connectivity index (χ1n) is 6.03. The average molecular weight is 295 g/mol. The van der Waals surface area contributed by atoms with Gasteiger partial charge in [-0.25, -0.2) is 4.98 Å². The van der Waals surface area contributed by atoms with Crippen LogP contribution in [0, 0.1) is 13.8 Å². The molecule has 2 aromatic rings. The first-order chi connectivity index (χ1) is 9.06. The molecule has 1 aromatic carbocycles. The van der Waals surface area contributed by atoms with Gasteiger partial charge < -0.3 is 5.32 Å². The minimum atomic E-state index is -0.101. The Hall–Kier alpha value is -1.39. The van der Waals surface area contributed by atoms with Crippen molar-refractivity contribution in [2.45, 2.75) is 20.3 Å². The van der Waals surface area contributed by atoms with Crippen molar-refractivity contribution >= 4 is 28.8 Å². The lowest BCUT2D eigenvalue weighted by atomic mass is 10.1. The molecule has 5 heteroatoms. The van der Waals surface area contributed by atoms with Crippen LogP contribution in [0.15, 0.2) is 24.3 Å². The van der Waals surface area contributed by atoms with Gasteiger partial charge in [-0.15, -0.1) is 11.3 Å². The quantitative estimate of drug-likeness (QED) is 0.939. The molecule has 0 atom stereocenters. The molecule has 0 aliphatic heterocycles. The van der Waals surface area contributed by atoms with Gasteiger partial charge in [-0.3, -0.25) is 4.79 Å². The highest BCUT2D eigenvalue weighted by molar-refractivity contribution is 7.11. The number of carbonyl (C=O) groups excluding carboxylic acids is 1. The zero-order chi connectivity index (χ0) is 13.8. The van der Waals surface area contributed by atoms with E-state index in [0.29, 0.717) is 12.2 Å². The number of benzene rings is 1. The summed E-state index contributed by atoms with van der Waals surface area (Å²) in [6, 6.07) is 7.64. The lowest BCUT2D eigenvalue weighted by Crippen LogP contribution is -2.26. The maximum absolute atomic E-state index is 11.9. The molecule has 3 nitrogen and oxygen atoms in total. The van der Waals surface area contributed by atoms with Crippen LogP contribution >= 0.6 is 22.9 Å². The van der Waals surface area contributed by atoms with E-state index in [-0.39, 0.29) is 5.91 Å². The molecule has 0 aliphatic carbocycles. The average Bonchev–Trinajstić information content (AvgIpc) is 2.71. The normalized spacial score (nSPS) is 10.5. The second-order valence-electron chi connectivity index (χ2n) is 4.27. The fourth-order valence-corrected chi connectivity index (χ4v) is 2.74. The highest BCUT2D eigenvalue weighted by Gasteiger charge is 2.12. The molecule has 0 spiro atoms. The van der Waals surface area contributed by atoms with E-state index in [0.717, 1.165) is 26.9 Å². The number of aryl methyl sites for hydroxylation is 2. The summed E-state index contributed by atoms with van der Waals surface area (Å²) in [7, 11) is 0. The van der Waals surface area contributed by atoms with Gasteiger partial charge >= 0.3 is 0 Å². The largest absolute Gasteiger partial charge is 0.350 e. The second-order valence-corrected chi connectivity index (χ2v) is 6.11. The lowest BCUT2D eigenvalue weighted by Gasteiger charge is -2.04. The van der Waals surface area contributed by atoms with E-state index < -0.39 is 0 Å². The van der Waals surface area contributed by atoms with Crippen molar-refractivity contribution in [2.24, 2.45) is 0 Å². The minimum absolute atomic E-state index is 0.101. The van der Waals surface area contributed by atoms with Crippen molar-refractivity contribution in [3.8, 4) is 0 Å². The summed E-state index contributed by atoms with van der Waals surface area (Å²) < 4.78 is 0. The SMILES string of the molecule is Cc1nc(C(=O)NCCc2ccc(Cl)cc2)c(C)s1. The van der Waals surface area contributed by atoms with E-state index >= 15 is 0 Å². The Balaban J connectivity index is 1.87. The molecule has 0 saturated heterocycles. The molecule has 0 bridgehead atoms. The molecule has 1 N–H and O–H groups in total. The molecule has 0 saturated carbocycles. The molecule has 2 rings (SSSR count). The summed E-state index contributed by atoms with van der Waals surface area (Å²) in [5.41, 5.74) is 1.69. The Labute approximate surface area is 121 Å². The molecular formula is C14H15ClN2OS. The van der Waals surface area contributed by atoms with Crippen LogP contribution in [0.3, 0.4) is 0 Å². The van der Waals surface area contributed by atoms with Crippen molar-refractivity contribution in [1.29, 1.82) is 0 Å². The number of carbonyl (C=O) groups is 1. The van der Waals surface area contributed by atoms with Crippen LogP contribution in [0.5, 0.6) is 0 Å². The predicted octanol–water partition coefficient (Wildman–Crippen LogP) is 3.39. The number of aromatic nitrogens is 1. The standard InChI is InChI=1S/C14H15ClN2OS/c1-9-13(17-10(2)19-9)14(18)16-8-7-11-3-5-12(15)6-4-11/h3-6H,7-8H2,1-2H3,(H,16,18). The van der Waals surface area contributed by atoms with Crippen LogP contribution in [-0.2, 0) is 6.42 Å². The lowest BCUT2D eigenvalue weighted by molar-refractivity contribution is 0.0949. The number of thiazole rings is 1. The third-order valence-corrected chi connectivity index (χ3v) is 3.87. The molecule has 1 heterocycles. The van der Waals surface area contributed by atoms with Crippen LogP contribution < -0.4 is 5.32 Å². The fourth-order valence-electron chi connectivity index (χ4n) is 1.79. The number of nitrogens with zero attached hydrogens (tertiary/aromatic N) is 1. The van der Waals surface area contributed by atoms with Gasteiger partial charge in [0.05, 0.1) is 5.01 Å². The Kier molecular flexibility index (Phi) is 4.56. The summed E-state index contributed by atoms with van der Waals surface area (Å²) in [5, 5.41) is 4.53. The number of halogens is 1. The van der Waals surface area contributed by atoms with E-state index in [4.69, 9.17) is 11.6 Å². The first-order valence-corrected chi connectivity index (χ1v) is 7.22. The molecule has 100 valence electrons. The molecule has 0 unspecified atom stereocenters. The van der Waals surface area contributed by atoms with Crippen molar-refractivity contribution in [2.75, 3.05) is 6.54 Å². The number of amides is 1. The summed E-state index contributed by atoms with van der Waals surface area (Å²) in [4.78, 5) is 17.1. The zero-order valence-corrected chi connectivity index (χ0v) is 12.4. The van der Waals surface area contributed by atoms with Crippen LogP contribution in [0.4, 0.5) is 0 Å². The van der Waals surface area contributed by atoms with Crippen LogP contribution in [-0.4, -0.2) is 17.4 Å². The van der Waals surface area contributed by atoms with E-state index in [1.807, 2.05) is 38.1 Å². The van der Waals surface area contributed by atoms with Crippen molar-refractivity contribution in [3.05, 3.63) is 50.4 Å². The zero-order valence-electron chi connectivity index (χ0n) is 10.9. The predicted molar refractivity (Wildman–Crippen MR) is 79.1 cm³/mol. The van der Waals surface area contributed by atoms with Gasteiger partial charge in [-0.1, -0.05) is 23.7 Å². The van der Waals surface area contributed by atoms with Gasteiger partial charge in [0.25, 0.3) is 5.91 Å². The Morgan fingerprint density at radius 1 is 1.32 bits per heavy atom. The molecule has 19 heavy (non-hydrogen) atoms. The number of rotatable bonds is 4. The molecule has 1 amide bonds. The topological polar surface area (TPSA) is 42.0 Å². The van der Waals surface area contributed by atoms with E-state index in [9.17, 15) is 4.79 Å². The highest BCUT2D eigenvalue weighted by Crippen LogP contribution is 2.16. The summed E-state index contributed by atoms with van der Waals surface area (Å²) >= 11 is 7.36. The highest BCUT2D eigenvalue weighted by atomic mass is 35.5. The first kappa shape index (κ1) is 14.0.